The van der Waals surface area contributed by atoms with E-state index >= 15 is 0 Å². The van der Waals surface area contributed by atoms with Crippen LogP contribution in [0, 0.1) is 5.41 Å². The van der Waals surface area contributed by atoms with Gasteiger partial charge in [0.1, 0.15) is 6.04 Å². The molecule has 0 saturated carbocycles. The smallest absolute Gasteiger partial charge is 0.257 e. The van der Waals surface area contributed by atoms with Crippen LogP contribution in [0.2, 0.25) is 0 Å². The monoisotopic (exact) mass is 509 g/mol. The SMILES string of the molecule is COc1ccc(CCN(C(=O)CC(C)(C)C)C2CC(=O)N(c3ccc(NC(C)=O)cc3)C2=O)cc1OC. The third kappa shape index (κ3) is 6.87. The highest BCUT2D eigenvalue weighted by Gasteiger charge is 2.44. The first kappa shape index (κ1) is 27.7. The minimum absolute atomic E-state index is 0.0892. The lowest BCUT2D eigenvalue weighted by Gasteiger charge is -2.30. The third-order valence-electron chi connectivity index (χ3n) is 6.04. The Morgan fingerprint density at radius 1 is 1.03 bits per heavy atom. The second kappa shape index (κ2) is 11.5. The van der Waals surface area contributed by atoms with E-state index < -0.39 is 11.9 Å². The number of anilines is 2. The van der Waals surface area contributed by atoms with E-state index in [1.165, 1.54) is 11.8 Å². The molecule has 9 nitrogen and oxygen atoms in total. The Bertz CT molecular complexity index is 1170. The van der Waals surface area contributed by atoms with Crippen LogP contribution in [0.4, 0.5) is 11.4 Å². The van der Waals surface area contributed by atoms with Gasteiger partial charge >= 0.3 is 0 Å². The van der Waals surface area contributed by atoms with E-state index in [0.29, 0.717) is 29.3 Å². The van der Waals surface area contributed by atoms with Gasteiger partial charge in [0.15, 0.2) is 11.5 Å². The Labute approximate surface area is 217 Å². The van der Waals surface area contributed by atoms with Gasteiger partial charge in [-0.1, -0.05) is 26.8 Å². The van der Waals surface area contributed by atoms with Gasteiger partial charge in [0, 0.05) is 25.6 Å². The molecule has 2 aromatic rings. The van der Waals surface area contributed by atoms with Crippen molar-refractivity contribution in [3.05, 3.63) is 48.0 Å². The van der Waals surface area contributed by atoms with Gasteiger partial charge in [-0.2, -0.15) is 0 Å². The van der Waals surface area contributed by atoms with Gasteiger partial charge in [-0.15, -0.1) is 0 Å². The Morgan fingerprint density at radius 3 is 2.24 bits per heavy atom. The number of hydrogen-bond acceptors (Lipinski definition) is 6. The van der Waals surface area contributed by atoms with Crippen LogP contribution >= 0.6 is 0 Å². The molecule has 0 aromatic heterocycles. The Kier molecular flexibility index (Phi) is 8.57. The molecule has 1 heterocycles. The number of nitrogens with one attached hydrogen (secondary N) is 1. The number of imide groups is 1. The highest BCUT2D eigenvalue weighted by molar-refractivity contribution is 6.23. The molecule has 1 N–H and O–H groups in total. The zero-order chi connectivity index (χ0) is 27.3. The average molecular weight is 510 g/mol. The number of carbonyl (C=O) groups excluding carboxylic acids is 4. The maximum absolute atomic E-state index is 13.5. The fourth-order valence-electron chi connectivity index (χ4n) is 4.32. The molecule has 3 rings (SSSR count). The molecule has 0 radical (unpaired) electrons. The quantitative estimate of drug-likeness (QED) is 0.516. The van der Waals surface area contributed by atoms with Crippen molar-refractivity contribution >= 4 is 35.0 Å². The molecule has 0 bridgehead atoms. The van der Waals surface area contributed by atoms with E-state index in [4.69, 9.17) is 9.47 Å². The van der Waals surface area contributed by atoms with Gasteiger partial charge in [0.05, 0.1) is 26.3 Å². The van der Waals surface area contributed by atoms with Crippen LogP contribution in [0.15, 0.2) is 42.5 Å². The third-order valence-corrected chi connectivity index (χ3v) is 6.04. The second-order valence-electron chi connectivity index (χ2n) is 10.3. The maximum Gasteiger partial charge on any atom is 0.257 e. The lowest BCUT2D eigenvalue weighted by molar-refractivity contribution is -0.139. The summed E-state index contributed by atoms with van der Waals surface area (Å²) in [5.74, 6) is -0.0309. The van der Waals surface area contributed by atoms with E-state index in [9.17, 15) is 19.2 Å². The average Bonchev–Trinajstić information content (AvgIpc) is 3.11. The first-order valence-corrected chi connectivity index (χ1v) is 12.2. The predicted molar refractivity (Wildman–Crippen MR) is 141 cm³/mol. The van der Waals surface area contributed by atoms with Gasteiger partial charge in [-0.3, -0.25) is 19.2 Å². The van der Waals surface area contributed by atoms with Crippen molar-refractivity contribution in [3.63, 3.8) is 0 Å². The summed E-state index contributed by atoms with van der Waals surface area (Å²) in [6, 6.07) is 11.1. The Hall–Kier alpha value is -3.88. The standard InChI is InChI=1S/C28H35N3O6/c1-18(32)29-20-8-10-21(11-9-20)31-25(33)16-22(27(31)35)30(26(34)17-28(2,3)4)14-13-19-7-12-23(36-5)24(15-19)37-6/h7-12,15,22H,13-14,16-17H2,1-6H3,(H,29,32). The van der Waals surface area contributed by atoms with Crippen molar-refractivity contribution in [1.82, 2.24) is 4.90 Å². The van der Waals surface area contributed by atoms with E-state index in [0.717, 1.165) is 10.5 Å². The lowest BCUT2D eigenvalue weighted by atomic mass is 9.91. The van der Waals surface area contributed by atoms with Crippen LogP contribution in [-0.4, -0.2) is 55.3 Å². The molecule has 1 unspecified atom stereocenters. The molecular formula is C28H35N3O6. The van der Waals surface area contributed by atoms with Crippen LogP contribution in [0.5, 0.6) is 11.5 Å². The molecule has 9 heteroatoms. The van der Waals surface area contributed by atoms with Crippen molar-refractivity contribution in [2.75, 3.05) is 31.0 Å². The summed E-state index contributed by atoms with van der Waals surface area (Å²) in [7, 11) is 3.12. The van der Waals surface area contributed by atoms with Crippen LogP contribution in [0.25, 0.3) is 0 Å². The molecule has 37 heavy (non-hydrogen) atoms. The fraction of sp³-hybridized carbons (Fsp3) is 0.429. The molecule has 0 spiro atoms. The molecule has 4 amide bonds. The first-order chi connectivity index (χ1) is 17.4. The summed E-state index contributed by atoms with van der Waals surface area (Å²) < 4.78 is 10.7. The Balaban J connectivity index is 1.84. The summed E-state index contributed by atoms with van der Waals surface area (Å²) in [6.07, 6.45) is 0.621. The van der Waals surface area contributed by atoms with E-state index in [-0.39, 0.29) is 42.5 Å². The summed E-state index contributed by atoms with van der Waals surface area (Å²) in [4.78, 5) is 53.8. The minimum Gasteiger partial charge on any atom is -0.493 e. The number of carbonyl (C=O) groups is 4. The highest BCUT2D eigenvalue weighted by Crippen LogP contribution is 2.31. The number of benzene rings is 2. The van der Waals surface area contributed by atoms with E-state index in [1.54, 1.807) is 44.6 Å². The zero-order valence-electron chi connectivity index (χ0n) is 22.3. The Morgan fingerprint density at radius 2 is 1.68 bits per heavy atom. The zero-order valence-corrected chi connectivity index (χ0v) is 22.3. The van der Waals surface area contributed by atoms with E-state index in [2.05, 4.69) is 5.32 Å². The second-order valence-corrected chi connectivity index (χ2v) is 10.3. The molecule has 1 saturated heterocycles. The van der Waals surface area contributed by atoms with Gasteiger partial charge in [-0.05, 0) is 53.8 Å². The number of methoxy groups -OCH3 is 2. The van der Waals surface area contributed by atoms with Crippen molar-refractivity contribution in [3.8, 4) is 11.5 Å². The van der Waals surface area contributed by atoms with Crippen LogP contribution in [0.3, 0.4) is 0 Å². The van der Waals surface area contributed by atoms with Gasteiger partial charge in [0.2, 0.25) is 17.7 Å². The minimum atomic E-state index is -0.891. The van der Waals surface area contributed by atoms with Crippen molar-refractivity contribution in [1.29, 1.82) is 0 Å². The molecule has 1 aliphatic heterocycles. The topological polar surface area (TPSA) is 105 Å². The lowest BCUT2D eigenvalue weighted by Crippen LogP contribution is -2.47. The number of rotatable bonds is 9. The van der Waals surface area contributed by atoms with Crippen molar-refractivity contribution < 1.29 is 28.7 Å². The van der Waals surface area contributed by atoms with Crippen molar-refractivity contribution in [2.24, 2.45) is 5.41 Å². The van der Waals surface area contributed by atoms with Gasteiger partial charge in [-0.25, -0.2) is 4.90 Å². The summed E-state index contributed by atoms with van der Waals surface area (Å²) >= 11 is 0. The molecule has 198 valence electrons. The van der Waals surface area contributed by atoms with Crippen LogP contribution in [0.1, 0.15) is 46.1 Å². The molecule has 2 aromatic carbocycles. The first-order valence-electron chi connectivity index (χ1n) is 12.2. The van der Waals surface area contributed by atoms with Gasteiger partial charge in [0.25, 0.3) is 5.91 Å². The predicted octanol–water partition coefficient (Wildman–Crippen LogP) is 3.80. The van der Waals surface area contributed by atoms with Crippen LogP contribution < -0.4 is 19.7 Å². The summed E-state index contributed by atoms with van der Waals surface area (Å²) in [5.41, 5.74) is 1.58. The van der Waals surface area contributed by atoms with Gasteiger partial charge < -0.3 is 19.7 Å². The molecule has 1 fully saturated rings. The molecule has 0 aliphatic carbocycles. The molecule has 1 aliphatic rings. The fourth-order valence-corrected chi connectivity index (χ4v) is 4.32. The van der Waals surface area contributed by atoms with Crippen molar-refractivity contribution in [2.45, 2.75) is 53.0 Å². The number of amides is 4. The molecular weight excluding hydrogens is 474 g/mol. The highest BCUT2D eigenvalue weighted by atomic mass is 16.5. The number of nitrogens with zero attached hydrogens (tertiary/aromatic N) is 2. The van der Waals surface area contributed by atoms with Crippen LogP contribution in [-0.2, 0) is 25.6 Å². The summed E-state index contributed by atoms with van der Waals surface area (Å²) in [5, 5.41) is 2.66. The largest absolute Gasteiger partial charge is 0.493 e. The number of ether oxygens (including phenoxy) is 2. The number of hydrogen-bond donors (Lipinski definition) is 1. The molecule has 1 atom stereocenters. The summed E-state index contributed by atoms with van der Waals surface area (Å²) in [6.45, 7) is 7.55. The normalized spacial score (nSPS) is 15.5. The maximum atomic E-state index is 13.5. The van der Waals surface area contributed by atoms with E-state index in [1.807, 2.05) is 32.9 Å².